The minimum Gasteiger partial charge on any atom is -0.394 e. The third kappa shape index (κ3) is 3.47. The fourth-order valence-corrected chi connectivity index (χ4v) is 1.68. The Kier molecular flexibility index (Phi) is 4.54. The minimum atomic E-state index is -0.311. The Labute approximate surface area is 91.4 Å². The third-order valence-corrected chi connectivity index (χ3v) is 3.24. The zero-order valence-corrected chi connectivity index (χ0v) is 9.68. The van der Waals surface area contributed by atoms with Gasteiger partial charge in [-0.15, -0.1) is 0 Å². The molecule has 0 heterocycles. The number of hydrogen-bond donors (Lipinski definition) is 3. The van der Waals surface area contributed by atoms with Gasteiger partial charge in [0.15, 0.2) is 0 Å². The maximum Gasteiger partial charge on any atom is 0.234 e. The average molecular weight is 214 g/mol. The summed E-state index contributed by atoms with van der Waals surface area (Å²) in [5.74, 6) is -0.0101. The molecule has 4 nitrogen and oxygen atoms in total. The van der Waals surface area contributed by atoms with Crippen LogP contribution in [0.3, 0.4) is 0 Å². The predicted octanol–water partition coefficient (Wildman–Crippen LogP) is 0.406. The van der Waals surface area contributed by atoms with Gasteiger partial charge < -0.3 is 15.7 Å². The highest BCUT2D eigenvalue weighted by molar-refractivity contribution is 5.79. The van der Waals surface area contributed by atoms with Gasteiger partial charge in [0.1, 0.15) is 0 Å². The molecule has 88 valence electrons. The Bertz CT molecular complexity index is 209. The molecule has 0 spiro atoms. The van der Waals surface area contributed by atoms with Crippen LogP contribution in [0.1, 0.15) is 39.5 Å². The second-order valence-electron chi connectivity index (χ2n) is 4.53. The molecule has 0 saturated heterocycles. The first kappa shape index (κ1) is 12.5. The van der Waals surface area contributed by atoms with Gasteiger partial charge in [-0.2, -0.15) is 0 Å². The number of nitrogens with one attached hydrogen (secondary N) is 2. The van der Waals surface area contributed by atoms with E-state index in [1.54, 1.807) is 0 Å². The molecule has 0 radical (unpaired) electrons. The molecule has 1 atom stereocenters. The summed E-state index contributed by atoms with van der Waals surface area (Å²) in [5.41, 5.74) is -0.311. The van der Waals surface area contributed by atoms with Gasteiger partial charge in [-0.3, -0.25) is 4.79 Å². The monoisotopic (exact) mass is 214 g/mol. The lowest BCUT2D eigenvalue weighted by Gasteiger charge is -2.41. The molecule has 0 bridgehead atoms. The van der Waals surface area contributed by atoms with Crippen LogP contribution in [-0.4, -0.2) is 35.7 Å². The number of hydrogen-bond acceptors (Lipinski definition) is 3. The van der Waals surface area contributed by atoms with E-state index in [-0.39, 0.29) is 18.1 Å². The van der Waals surface area contributed by atoms with Gasteiger partial charge in [0, 0.05) is 6.04 Å². The number of carbonyl (C=O) groups excluding carboxylic acids is 1. The molecule has 0 aromatic rings. The first-order valence-electron chi connectivity index (χ1n) is 5.77. The number of rotatable bonds is 6. The lowest BCUT2D eigenvalue weighted by molar-refractivity contribution is -0.124. The first-order chi connectivity index (χ1) is 7.12. The van der Waals surface area contributed by atoms with Crippen LogP contribution in [0, 0.1) is 0 Å². The van der Waals surface area contributed by atoms with Gasteiger partial charge >= 0.3 is 0 Å². The Balaban J connectivity index is 2.23. The third-order valence-electron chi connectivity index (χ3n) is 3.24. The van der Waals surface area contributed by atoms with Crippen molar-refractivity contribution in [2.45, 2.75) is 51.1 Å². The van der Waals surface area contributed by atoms with Crippen molar-refractivity contribution in [2.75, 3.05) is 13.2 Å². The number of aliphatic hydroxyl groups excluding tert-OH is 1. The van der Waals surface area contributed by atoms with E-state index in [2.05, 4.69) is 24.5 Å². The molecule has 1 saturated carbocycles. The van der Waals surface area contributed by atoms with Gasteiger partial charge in [-0.05, 0) is 32.6 Å². The summed E-state index contributed by atoms with van der Waals surface area (Å²) in [7, 11) is 0. The summed E-state index contributed by atoms with van der Waals surface area (Å²) in [6.45, 7) is 4.54. The Morgan fingerprint density at radius 2 is 2.20 bits per heavy atom. The van der Waals surface area contributed by atoms with Crippen molar-refractivity contribution in [3.05, 3.63) is 0 Å². The van der Waals surface area contributed by atoms with E-state index < -0.39 is 0 Å². The van der Waals surface area contributed by atoms with Crippen molar-refractivity contribution >= 4 is 5.91 Å². The van der Waals surface area contributed by atoms with Crippen molar-refractivity contribution in [3.63, 3.8) is 0 Å². The van der Waals surface area contributed by atoms with E-state index in [9.17, 15) is 9.90 Å². The fraction of sp³-hybridized carbons (Fsp3) is 0.909. The molecular formula is C11H22N2O2. The predicted molar refractivity (Wildman–Crippen MR) is 59.6 cm³/mol. The molecule has 0 aliphatic heterocycles. The summed E-state index contributed by atoms with van der Waals surface area (Å²) in [6.07, 6.45) is 3.91. The quantitative estimate of drug-likeness (QED) is 0.600. The standard InChI is InChI=1S/C11H22N2O2/c1-3-9(2)12-7-10(15)13-11(8-14)5-4-6-11/h9,12,14H,3-8H2,1-2H3,(H,13,15). The zero-order chi connectivity index (χ0) is 11.3. The van der Waals surface area contributed by atoms with Gasteiger partial charge in [0.05, 0.1) is 18.7 Å². The van der Waals surface area contributed by atoms with Crippen LogP contribution < -0.4 is 10.6 Å². The smallest absolute Gasteiger partial charge is 0.234 e. The van der Waals surface area contributed by atoms with E-state index in [0.29, 0.717) is 12.6 Å². The molecule has 0 aromatic heterocycles. The highest BCUT2D eigenvalue weighted by atomic mass is 16.3. The Morgan fingerprint density at radius 3 is 2.60 bits per heavy atom. The maximum absolute atomic E-state index is 11.5. The lowest BCUT2D eigenvalue weighted by atomic mass is 9.77. The second kappa shape index (κ2) is 5.47. The van der Waals surface area contributed by atoms with Crippen LogP contribution in [0.25, 0.3) is 0 Å². The summed E-state index contributed by atoms with van der Waals surface area (Å²) >= 11 is 0. The van der Waals surface area contributed by atoms with Crippen molar-refractivity contribution in [2.24, 2.45) is 0 Å². The number of aliphatic hydroxyl groups is 1. The van der Waals surface area contributed by atoms with Crippen molar-refractivity contribution < 1.29 is 9.90 Å². The van der Waals surface area contributed by atoms with Crippen LogP contribution in [0.15, 0.2) is 0 Å². The molecular weight excluding hydrogens is 192 g/mol. The van der Waals surface area contributed by atoms with E-state index >= 15 is 0 Å². The van der Waals surface area contributed by atoms with Crippen molar-refractivity contribution in [3.8, 4) is 0 Å². The van der Waals surface area contributed by atoms with Crippen LogP contribution in [0.4, 0.5) is 0 Å². The summed E-state index contributed by atoms with van der Waals surface area (Å²) in [4.78, 5) is 11.5. The van der Waals surface area contributed by atoms with Gasteiger partial charge in [0.25, 0.3) is 0 Å². The highest BCUT2D eigenvalue weighted by Gasteiger charge is 2.37. The average Bonchev–Trinajstić information content (AvgIpc) is 2.20. The zero-order valence-electron chi connectivity index (χ0n) is 9.68. The second-order valence-corrected chi connectivity index (χ2v) is 4.53. The van der Waals surface area contributed by atoms with Gasteiger partial charge in [-0.1, -0.05) is 6.92 Å². The summed E-state index contributed by atoms with van der Waals surface area (Å²) in [5, 5.41) is 15.2. The van der Waals surface area contributed by atoms with E-state index in [0.717, 1.165) is 25.7 Å². The maximum atomic E-state index is 11.5. The molecule has 1 unspecified atom stereocenters. The summed E-state index contributed by atoms with van der Waals surface area (Å²) < 4.78 is 0. The largest absolute Gasteiger partial charge is 0.394 e. The van der Waals surface area contributed by atoms with Crippen LogP contribution in [0.5, 0.6) is 0 Å². The minimum absolute atomic E-state index is 0.0101. The molecule has 3 N–H and O–H groups in total. The summed E-state index contributed by atoms with van der Waals surface area (Å²) in [6, 6.07) is 0.363. The molecule has 1 aliphatic carbocycles. The van der Waals surface area contributed by atoms with Crippen LogP contribution in [-0.2, 0) is 4.79 Å². The normalized spacial score (nSPS) is 20.5. The Morgan fingerprint density at radius 1 is 1.53 bits per heavy atom. The van der Waals surface area contributed by atoms with Gasteiger partial charge in [0.2, 0.25) is 5.91 Å². The number of carbonyl (C=O) groups is 1. The Hall–Kier alpha value is -0.610. The van der Waals surface area contributed by atoms with Crippen molar-refractivity contribution in [1.29, 1.82) is 0 Å². The van der Waals surface area contributed by atoms with E-state index in [1.807, 2.05) is 0 Å². The van der Waals surface area contributed by atoms with Crippen molar-refractivity contribution in [1.82, 2.24) is 10.6 Å². The molecule has 1 amide bonds. The highest BCUT2D eigenvalue weighted by Crippen LogP contribution is 2.30. The molecule has 1 rings (SSSR count). The molecule has 4 heteroatoms. The number of amides is 1. The van der Waals surface area contributed by atoms with Gasteiger partial charge in [-0.25, -0.2) is 0 Å². The topological polar surface area (TPSA) is 61.4 Å². The molecule has 1 fully saturated rings. The SMILES string of the molecule is CCC(C)NCC(=O)NC1(CO)CCC1. The molecule has 0 aromatic carbocycles. The molecule has 15 heavy (non-hydrogen) atoms. The van der Waals surface area contributed by atoms with E-state index in [1.165, 1.54) is 0 Å². The first-order valence-corrected chi connectivity index (χ1v) is 5.77. The molecule has 1 aliphatic rings. The van der Waals surface area contributed by atoms with E-state index in [4.69, 9.17) is 0 Å². The fourth-order valence-electron chi connectivity index (χ4n) is 1.68. The van der Waals surface area contributed by atoms with Crippen LogP contribution >= 0.6 is 0 Å². The van der Waals surface area contributed by atoms with Crippen LogP contribution in [0.2, 0.25) is 0 Å². The lowest BCUT2D eigenvalue weighted by Crippen LogP contribution is -2.58.